The van der Waals surface area contributed by atoms with Crippen LogP contribution in [0.2, 0.25) is 0 Å². The predicted octanol–water partition coefficient (Wildman–Crippen LogP) is 6.67. The summed E-state index contributed by atoms with van der Waals surface area (Å²) in [7, 11) is 0. The number of fused-ring (bicyclic) bond motifs is 5. The van der Waals surface area contributed by atoms with E-state index in [0.717, 1.165) is 76.6 Å². The van der Waals surface area contributed by atoms with Crippen LogP contribution in [0.25, 0.3) is 22.2 Å². The minimum absolute atomic E-state index is 0.0192. The molecule has 4 aromatic carbocycles. The second-order valence-electron chi connectivity index (χ2n) is 14.3. The van der Waals surface area contributed by atoms with Crippen LogP contribution in [-0.2, 0) is 44.9 Å². The summed E-state index contributed by atoms with van der Waals surface area (Å²) >= 11 is 0. The maximum Gasteiger partial charge on any atom is 0.247 e. The molecule has 1 aliphatic carbocycles. The maximum atomic E-state index is 13.5. The van der Waals surface area contributed by atoms with Gasteiger partial charge >= 0.3 is 0 Å². The van der Waals surface area contributed by atoms with E-state index in [1.54, 1.807) is 9.80 Å². The number of anilines is 2. The fourth-order valence-corrected chi connectivity index (χ4v) is 8.26. The minimum Gasteiger partial charge on any atom is -0.354 e. The number of rotatable bonds is 8. The van der Waals surface area contributed by atoms with Gasteiger partial charge in [-0.3, -0.25) is 19.2 Å². The quantitative estimate of drug-likeness (QED) is 0.169. The Bertz CT molecular complexity index is 2140. The smallest absolute Gasteiger partial charge is 0.247 e. The van der Waals surface area contributed by atoms with Gasteiger partial charge in [0.1, 0.15) is 12.1 Å². The first-order chi connectivity index (χ1) is 25.4. The molecule has 0 saturated carbocycles. The average molecular weight is 694 g/mol. The first kappa shape index (κ1) is 33.4. The molecule has 2 fully saturated rings. The number of nitrogens with zero attached hydrogens (tertiary/aromatic N) is 2. The third kappa shape index (κ3) is 6.83. The number of likely N-dealkylation sites (tertiary alicyclic amines) is 2. The number of amides is 4. The Kier molecular flexibility index (Phi) is 9.33. The standard InChI is InChI=1S/C43H43N5O4/c49-39(24-28-10-3-1-4-11-28)47-22-8-16-37(47)42(51)44-31-18-20-33-30(26-31)14-7-15-34-35-27-32(19-21-36(35)46-41(33)34)45-43(52)38-17-9-23-48(38)40(50)25-29-12-5-2-6-13-29/h1-6,10-13,18-21,26-27,37-38,46H,7-9,14-17,22-25H2,(H,44,51)(H,45,52)/t37-,38-/m0/s1. The van der Waals surface area contributed by atoms with Crippen molar-refractivity contribution in [3.05, 3.63) is 119 Å². The minimum atomic E-state index is -0.483. The lowest BCUT2D eigenvalue weighted by Gasteiger charge is -2.24. The van der Waals surface area contributed by atoms with E-state index >= 15 is 0 Å². The second kappa shape index (κ2) is 14.5. The number of benzene rings is 4. The normalized spacial score (nSPS) is 18.1. The number of nitrogens with one attached hydrogen (secondary N) is 3. The molecule has 0 spiro atoms. The molecule has 9 nitrogen and oxygen atoms in total. The van der Waals surface area contributed by atoms with E-state index in [1.807, 2.05) is 84.9 Å². The van der Waals surface area contributed by atoms with Crippen molar-refractivity contribution in [2.75, 3.05) is 23.7 Å². The van der Waals surface area contributed by atoms with Gasteiger partial charge in [0, 0.05) is 46.6 Å². The Morgan fingerprint density at radius 1 is 0.635 bits per heavy atom. The van der Waals surface area contributed by atoms with Crippen LogP contribution in [0.15, 0.2) is 97.1 Å². The Labute approximate surface area is 303 Å². The monoisotopic (exact) mass is 693 g/mol. The van der Waals surface area contributed by atoms with Crippen molar-refractivity contribution in [1.82, 2.24) is 14.8 Å². The molecule has 2 aliphatic heterocycles. The molecule has 264 valence electrons. The summed E-state index contributed by atoms with van der Waals surface area (Å²) < 4.78 is 0. The summed E-state index contributed by atoms with van der Waals surface area (Å²) in [6, 6.07) is 30.4. The third-order valence-corrected chi connectivity index (χ3v) is 10.8. The molecular weight excluding hydrogens is 651 g/mol. The van der Waals surface area contributed by atoms with Crippen LogP contribution in [0.3, 0.4) is 0 Å². The Morgan fingerprint density at radius 3 is 1.79 bits per heavy atom. The fraction of sp³-hybridized carbons (Fsp3) is 0.302. The van der Waals surface area contributed by atoms with Gasteiger partial charge in [-0.1, -0.05) is 66.7 Å². The molecule has 52 heavy (non-hydrogen) atoms. The number of aromatic amines is 1. The Hall–Kier alpha value is -5.70. The van der Waals surface area contributed by atoms with E-state index in [4.69, 9.17) is 0 Å². The maximum absolute atomic E-state index is 13.5. The van der Waals surface area contributed by atoms with Crippen LogP contribution in [0.5, 0.6) is 0 Å². The average Bonchev–Trinajstić information content (AvgIpc) is 3.90. The number of hydrogen-bond donors (Lipinski definition) is 3. The number of aromatic nitrogens is 1. The van der Waals surface area contributed by atoms with E-state index in [-0.39, 0.29) is 30.0 Å². The van der Waals surface area contributed by atoms with Crippen molar-refractivity contribution in [2.24, 2.45) is 0 Å². The largest absolute Gasteiger partial charge is 0.354 e. The molecule has 3 N–H and O–H groups in total. The molecule has 5 aromatic rings. The van der Waals surface area contributed by atoms with E-state index in [1.165, 1.54) is 5.56 Å². The van der Waals surface area contributed by atoms with Crippen molar-refractivity contribution < 1.29 is 19.2 Å². The summed E-state index contributed by atoms with van der Waals surface area (Å²) in [5, 5.41) is 7.30. The topological polar surface area (TPSA) is 115 Å². The zero-order valence-corrected chi connectivity index (χ0v) is 29.2. The van der Waals surface area contributed by atoms with Gasteiger partial charge in [-0.15, -0.1) is 0 Å². The van der Waals surface area contributed by atoms with Gasteiger partial charge in [0.2, 0.25) is 23.6 Å². The molecule has 0 bridgehead atoms. The highest BCUT2D eigenvalue weighted by atomic mass is 16.2. The molecule has 3 heterocycles. The SMILES string of the molecule is O=C(Nc1ccc2c(c1)CCCc1c-2[nH]c2ccc(NC(=O)[C@@H]3CCCN3C(=O)Cc3ccccc3)cc12)[C@@H]1CCCN1C(=O)Cc1ccccc1. The van der Waals surface area contributed by atoms with Gasteiger partial charge in [-0.2, -0.15) is 0 Å². The second-order valence-corrected chi connectivity index (χ2v) is 14.3. The zero-order chi connectivity index (χ0) is 35.6. The molecule has 9 heteroatoms. The fourth-order valence-electron chi connectivity index (χ4n) is 8.26. The molecule has 0 unspecified atom stereocenters. The lowest BCUT2D eigenvalue weighted by Crippen LogP contribution is -2.43. The molecule has 4 amide bonds. The summed E-state index contributed by atoms with van der Waals surface area (Å²) in [5.74, 6) is -0.337. The summed E-state index contributed by atoms with van der Waals surface area (Å²) in [5.41, 5.74) is 8.87. The summed E-state index contributed by atoms with van der Waals surface area (Å²) in [6.45, 7) is 1.18. The van der Waals surface area contributed by atoms with Crippen molar-refractivity contribution in [3.63, 3.8) is 0 Å². The van der Waals surface area contributed by atoms with Crippen molar-refractivity contribution in [3.8, 4) is 11.3 Å². The molecule has 8 rings (SSSR count). The van der Waals surface area contributed by atoms with E-state index in [9.17, 15) is 19.2 Å². The van der Waals surface area contributed by atoms with Gasteiger partial charge < -0.3 is 25.4 Å². The molecule has 0 radical (unpaired) electrons. The predicted molar refractivity (Wildman–Crippen MR) is 203 cm³/mol. The molecule has 1 aromatic heterocycles. The first-order valence-electron chi connectivity index (χ1n) is 18.5. The Morgan fingerprint density at radius 2 is 1.19 bits per heavy atom. The van der Waals surface area contributed by atoms with Crippen LogP contribution in [0.4, 0.5) is 11.4 Å². The van der Waals surface area contributed by atoms with Crippen molar-refractivity contribution in [2.45, 2.75) is 69.9 Å². The van der Waals surface area contributed by atoms with Gasteiger partial charge in [0.05, 0.1) is 12.8 Å². The van der Waals surface area contributed by atoms with Gasteiger partial charge in [0.15, 0.2) is 0 Å². The van der Waals surface area contributed by atoms with Gasteiger partial charge in [-0.25, -0.2) is 0 Å². The molecular formula is C43H43N5O4. The summed E-state index contributed by atoms with van der Waals surface area (Å²) in [6.07, 6.45) is 6.17. The lowest BCUT2D eigenvalue weighted by atomic mass is 10.0. The lowest BCUT2D eigenvalue weighted by molar-refractivity contribution is -0.136. The van der Waals surface area contributed by atoms with Crippen LogP contribution in [0, 0.1) is 0 Å². The number of carbonyl (C=O) groups excluding carboxylic acids is 4. The highest BCUT2D eigenvalue weighted by molar-refractivity contribution is 6.01. The van der Waals surface area contributed by atoms with E-state index in [2.05, 4.69) is 27.8 Å². The molecule has 3 aliphatic rings. The summed E-state index contributed by atoms with van der Waals surface area (Å²) in [4.78, 5) is 60.4. The van der Waals surface area contributed by atoms with Crippen LogP contribution in [0.1, 0.15) is 54.4 Å². The Balaban J connectivity index is 0.958. The molecule has 2 atom stereocenters. The van der Waals surface area contributed by atoms with E-state index < -0.39 is 12.1 Å². The van der Waals surface area contributed by atoms with Crippen molar-refractivity contribution in [1.29, 1.82) is 0 Å². The number of H-pyrrole nitrogens is 1. The third-order valence-electron chi connectivity index (χ3n) is 10.8. The molecule has 2 saturated heterocycles. The van der Waals surface area contributed by atoms with Crippen molar-refractivity contribution >= 4 is 45.9 Å². The van der Waals surface area contributed by atoms with Gasteiger partial charge in [0.25, 0.3) is 0 Å². The van der Waals surface area contributed by atoms with E-state index in [0.29, 0.717) is 38.0 Å². The number of aryl methyl sites for hydroxylation is 2. The number of hydrogen-bond acceptors (Lipinski definition) is 4. The highest BCUT2D eigenvalue weighted by Crippen LogP contribution is 2.38. The number of carbonyl (C=O) groups is 4. The van der Waals surface area contributed by atoms with Crippen LogP contribution >= 0.6 is 0 Å². The van der Waals surface area contributed by atoms with Gasteiger partial charge in [-0.05, 0) is 97.5 Å². The first-order valence-corrected chi connectivity index (χ1v) is 18.5. The zero-order valence-electron chi connectivity index (χ0n) is 29.2. The van der Waals surface area contributed by atoms with Crippen LogP contribution in [-0.4, -0.2) is 63.6 Å². The highest BCUT2D eigenvalue weighted by Gasteiger charge is 2.35. The van der Waals surface area contributed by atoms with Crippen LogP contribution < -0.4 is 10.6 Å².